The number of aromatic nitrogens is 2. The van der Waals surface area contributed by atoms with Gasteiger partial charge in [-0.05, 0) is 6.42 Å². The minimum atomic E-state index is -1.01. The summed E-state index contributed by atoms with van der Waals surface area (Å²) in [5, 5.41) is 0. The minimum absolute atomic E-state index is 0.0401. The summed E-state index contributed by atoms with van der Waals surface area (Å²) in [6, 6.07) is 0. The maximum absolute atomic E-state index is 12.1. The maximum Gasteiger partial charge on any atom is 0.156 e. The molecule has 0 radical (unpaired) electrons. The lowest BCUT2D eigenvalue weighted by Crippen LogP contribution is -2.51. The van der Waals surface area contributed by atoms with Gasteiger partial charge < -0.3 is 4.74 Å². The minimum Gasteiger partial charge on any atom is -0.372 e. The molecule has 0 saturated carbocycles. The van der Waals surface area contributed by atoms with Gasteiger partial charge in [0, 0.05) is 37.6 Å². The lowest BCUT2D eigenvalue weighted by atomic mass is 10.1. The molecular formula is C12H16Cl2FN3O. The number of rotatable bonds is 5. The third-order valence-electron chi connectivity index (χ3n) is 3.03. The molecule has 0 aliphatic carbocycles. The van der Waals surface area contributed by atoms with E-state index in [-0.39, 0.29) is 12.7 Å². The van der Waals surface area contributed by atoms with Crippen LogP contribution in [0.3, 0.4) is 0 Å². The SMILES string of the molecule is FCCOC1CCN(Cc2cncnc2)CC1(Cl)Cl. The van der Waals surface area contributed by atoms with Gasteiger partial charge >= 0.3 is 0 Å². The number of alkyl halides is 3. The summed E-state index contributed by atoms with van der Waals surface area (Å²) < 4.78 is 16.5. The van der Waals surface area contributed by atoms with E-state index in [1.165, 1.54) is 6.33 Å². The van der Waals surface area contributed by atoms with E-state index in [0.29, 0.717) is 19.5 Å². The molecule has 2 heterocycles. The molecule has 0 spiro atoms. The predicted molar refractivity (Wildman–Crippen MR) is 72.1 cm³/mol. The number of hydrogen-bond acceptors (Lipinski definition) is 4. The molecule has 1 atom stereocenters. The number of likely N-dealkylation sites (tertiary alicyclic amines) is 1. The van der Waals surface area contributed by atoms with Crippen LogP contribution in [0.2, 0.25) is 0 Å². The van der Waals surface area contributed by atoms with E-state index >= 15 is 0 Å². The van der Waals surface area contributed by atoms with Gasteiger partial charge in [-0.15, -0.1) is 0 Å². The first kappa shape index (κ1) is 14.9. The fraction of sp³-hybridized carbons (Fsp3) is 0.667. The summed E-state index contributed by atoms with van der Waals surface area (Å²) in [7, 11) is 0. The van der Waals surface area contributed by atoms with Gasteiger partial charge in [-0.2, -0.15) is 0 Å². The van der Waals surface area contributed by atoms with Gasteiger partial charge in [0.2, 0.25) is 0 Å². The van der Waals surface area contributed by atoms with Gasteiger partial charge in [0.1, 0.15) is 13.0 Å². The summed E-state index contributed by atoms with van der Waals surface area (Å²) in [5.41, 5.74) is 1.01. The summed E-state index contributed by atoms with van der Waals surface area (Å²) in [4.78, 5) is 10.1. The van der Waals surface area contributed by atoms with Crippen LogP contribution in [0.1, 0.15) is 12.0 Å². The van der Waals surface area contributed by atoms with Gasteiger partial charge in [0.25, 0.3) is 0 Å². The quantitative estimate of drug-likeness (QED) is 0.782. The summed E-state index contributed by atoms with van der Waals surface area (Å²) in [5.74, 6) is 0. The van der Waals surface area contributed by atoms with Crippen LogP contribution in [0.5, 0.6) is 0 Å². The number of piperidine rings is 1. The van der Waals surface area contributed by atoms with Gasteiger partial charge in [0.15, 0.2) is 4.33 Å². The lowest BCUT2D eigenvalue weighted by Gasteiger charge is -2.40. The van der Waals surface area contributed by atoms with E-state index < -0.39 is 11.0 Å². The van der Waals surface area contributed by atoms with Crippen LogP contribution < -0.4 is 0 Å². The summed E-state index contributed by atoms with van der Waals surface area (Å²) >= 11 is 12.6. The fourth-order valence-corrected chi connectivity index (χ4v) is 2.87. The van der Waals surface area contributed by atoms with Gasteiger partial charge in [-0.25, -0.2) is 14.4 Å². The monoisotopic (exact) mass is 307 g/mol. The number of ether oxygens (including phenoxy) is 1. The van der Waals surface area contributed by atoms with Crippen LogP contribution in [0.25, 0.3) is 0 Å². The van der Waals surface area contributed by atoms with Crippen LogP contribution in [0.15, 0.2) is 18.7 Å². The van der Waals surface area contributed by atoms with Crippen molar-refractivity contribution in [2.45, 2.75) is 23.4 Å². The molecule has 0 N–H and O–H groups in total. The van der Waals surface area contributed by atoms with Crippen molar-refractivity contribution < 1.29 is 9.13 Å². The van der Waals surface area contributed by atoms with Crippen molar-refractivity contribution in [3.8, 4) is 0 Å². The molecule has 1 aliphatic rings. The third-order valence-corrected chi connectivity index (χ3v) is 3.76. The number of halogens is 3. The number of hydrogen-bond donors (Lipinski definition) is 0. The summed E-state index contributed by atoms with van der Waals surface area (Å²) in [6.45, 7) is 1.48. The average Bonchev–Trinajstić information content (AvgIpc) is 2.38. The lowest BCUT2D eigenvalue weighted by molar-refractivity contribution is -0.00623. The van der Waals surface area contributed by atoms with E-state index in [2.05, 4.69) is 14.9 Å². The molecule has 0 amide bonds. The Kier molecular flexibility index (Phi) is 5.33. The van der Waals surface area contributed by atoms with E-state index in [4.69, 9.17) is 27.9 Å². The first-order valence-corrected chi connectivity index (χ1v) is 6.89. The zero-order valence-electron chi connectivity index (χ0n) is 10.4. The van der Waals surface area contributed by atoms with Crippen LogP contribution >= 0.6 is 23.2 Å². The molecule has 1 aromatic heterocycles. The molecule has 19 heavy (non-hydrogen) atoms. The highest BCUT2D eigenvalue weighted by Gasteiger charge is 2.41. The molecule has 4 nitrogen and oxygen atoms in total. The molecule has 1 fully saturated rings. The van der Waals surface area contributed by atoms with Crippen LogP contribution in [0, 0.1) is 0 Å². The van der Waals surface area contributed by atoms with Crippen molar-refractivity contribution >= 4 is 23.2 Å². The highest BCUT2D eigenvalue weighted by atomic mass is 35.5. The zero-order valence-corrected chi connectivity index (χ0v) is 11.9. The Bertz CT molecular complexity index is 394. The second-order valence-corrected chi connectivity index (χ2v) is 6.10. The largest absolute Gasteiger partial charge is 0.372 e. The highest BCUT2D eigenvalue weighted by molar-refractivity contribution is 6.49. The van der Waals surface area contributed by atoms with Crippen molar-refractivity contribution in [2.75, 3.05) is 26.4 Å². The first-order valence-electron chi connectivity index (χ1n) is 6.13. The topological polar surface area (TPSA) is 38.2 Å². The molecule has 0 aromatic carbocycles. The molecule has 1 aromatic rings. The molecule has 0 bridgehead atoms. The molecule has 1 unspecified atom stereocenters. The maximum atomic E-state index is 12.1. The Morgan fingerprint density at radius 3 is 2.79 bits per heavy atom. The van der Waals surface area contributed by atoms with Crippen molar-refractivity contribution in [3.05, 3.63) is 24.3 Å². The molecule has 1 aliphatic heterocycles. The van der Waals surface area contributed by atoms with Crippen molar-refractivity contribution in [2.24, 2.45) is 0 Å². The van der Waals surface area contributed by atoms with Gasteiger partial charge in [0.05, 0.1) is 12.7 Å². The smallest absolute Gasteiger partial charge is 0.156 e. The van der Waals surface area contributed by atoms with Crippen molar-refractivity contribution in [1.29, 1.82) is 0 Å². The van der Waals surface area contributed by atoms with Crippen LogP contribution in [0.4, 0.5) is 4.39 Å². The summed E-state index contributed by atoms with van der Waals surface area (Å²) in [6.07, 6.45) is 5.38. The Labute approximate surface area is 121 Å². The second-order valence-electron chi connectivity index (χ2n) is 4.56. The Hall–Kier alpha value is -0.490. The Morgan fingerprint density at radius 2 is 2.16 bits per heavy atom. The van der Waals surface area contributed by atoms with E-state index in [0.717, 1.165) is 12.1 Å². The van der Waals surface area contributed by atoms with Crippen molar-refractivity contribution in [3.63, 3.8) is 0 Å². The zero-order chi connectivity index (χ0) is 13.7. The predicted octanol–water partition coefficient (Wildman–Crippen LogP) is 2.21. The third kappa shape index (κ3) is 4.24. The first-order chi connectivity index (χ1) is 9.12. The highest BCUT2D eigenvalue weighted by Crippen LogP contribution is 2.35. The van der Waals surface area contributed by atoms with Crippen LogP contribution in [-0.4, -0.2) is 51.7 Å². The van der Waals surface area contributed by atoms with E-state index in [9.17, 15) is 4.39 Å². The standard InChI is InChI=1S/C12H16Cl2FN3O/c13-12(14)8-18(3-1-11(12)19-4-2-15)7-10-5-16-9-17-6-10/h5-6,9,11H,1-4,7-8H2. The normalized spacial score (nSPS) is 23.4. The molecule has 7 heteroatoms. The van der Waals surface area contributed by atoms with Crippen molar-refractivity contribution in [1.82, 2.24) is 14.9 Å². The second kappa shape index (κ2) is 6.79. The van der Waals surface area contributed by atoms with E-state index in [1.807, 2.05) is 0 Å². The molecule has 106 valence electrons. The van der Waals surface area contributed by atoms with Gasteiger partial charge in [-0.3, -0.25) is 4.90 Å². The average molecular weight is 308 g/mol. The molecule has 1 saturated heterocycles. The van der Waals surface area contributed by atoms with E-state index in [1.54, 1.807) is 12.4 Å². The fourth-order valence-electron chi connectivity index (χ4n) is 2.19. The number of nitrogens with zero attached hydrogens (tertiary/aromatic N) is 3. The van der Waals surface area contributed by atoms with Gasteiger partial charge in [-0.1, -0.05) is 23.2 Å². The molecule has 2 rings (SSSR count). The molecular weight excluding hydrogens is 292 g/mol. The Morgan fingerprint density at radius 1 is 1.42 bits per heavy atom. The Balaban J connectivity index is 1.90. The van der Waals surface area contributed by atoms with Crippen LogP contribution in [-0.2, 0) is 11.3 Å².